The maximum absolute atomic E-state index is 10.7. The van der Waals surface area contributed by atoms with Gasteiger partial charge in [0.05, 0.1) is 26.7 Å². The highest BCUT2D eigenvalue weighted by atomic mass is 16.4. The highest BCUT2D eigenvalue weighted by Crippen LogP contribution is 2.16. The number of carboxylic acid groups (broad SMARTS) is 1. The highest BCUT2D eigenvalue weighted by molar-refractivity contribution is 5.87. The molecule has 0 saturated heterocycles. The molecule has 4 nitrogen and oxygen atoms in total. The molecule has 0 aromatic rings. The molecule has 2 atom stereocenters. The zero-order valence-corrected chi connectivity index (χ0v) is 8.61. The van der Waals surface area contributed by atoms with Gasteiger partial charge in [0.15, 0.2) is 0 Å². The fourth-order valence-electron chi connectivity index (χ4n) is 1.53. The lowest BCUT2D eigenvalue weighted by Gasteiger charge is -2.35. The van der Waals surface area contributed by atoms with Gasteiger partial charge in [-0.25, -0.2) is 4.79 Å². The molecule has 0 bridgehead atoms. The van der Waals surface area contributed by atoms with Gasteiger partial charge >= 0.3 is 5.97 Å². The summed E-state index contributed by atoms with van der Waals surface area (Å²) < 4.78 is 0.350. The number of aliphatic carboxylic acids is 1. The van der Waals surface area contributed by atoms with Gasteiger partial charge in [-0.3, -0.25) is 0 Å². The van der Waals surface area contributed by atoms with Crippen molar-refractivity contribution in [3.63, 3.8) is 0 Å². The number of likely N-dealkylation sites (N-methyl/N-ethyl adjacent to an activating group) is 1. The summed E-state index contributed by atoms with van der Waals surface area (Å²) in [6.45, 7) is 5.04. The van der Waals surface area contributed by atoms with Gasteiger partial charge in [-0.15, -0.1) is 0 Å². The van der Waals surface area contributed by atoms with Crippen LogP contribution in [-0.4, -0.2) is 54.0 Å². The average Bonchev–Trinajstić information content (AvgIpc) is 1.82. The summed E-state index contributed by atoms with van der Waals surface area (Å²) in [7, 11) is 5.47. The van der Waals surface area contributed by atoms with Gasteiger partial charge in [-0.1, -0.05) is 6.58 Å². The van der Waals surface area contributed by atoms with E-state index >= 15 is 0 Å². The van der Waals surface area contributed by atoms with Gasteiger partial charge in [0.25, 0.3) is 0 Å². The molecule has 0 spiro atoms. The number of hydrogen-bond donors (Lipinski definition) is 2. The van der Waals surface area contributed by atoms with Gasteiger partial charge in [0.1, 0.15) is 12.1 Å². The predicted molar refractivity (Wildman–Crippen MR) is 50.3 cm³/mol. The quantitative estimate of drug-likeness (QED) is 0.485. The third kappa shape index (κ3) is 3.16. The molecule has 0 aromatic heterocycles. The summed E-state index contributed by atoms with van der Waals surface area (Å²) in [6, 6.07) is -0.475. The normalized spacial score (nSPS) is 16.4. The number of carboxylic acids is 1. The van der Waals surface area contributed by atoms with Gasteiger partial charge < -0.3 is 14.7 Å². The smallest absolute Gasteiger partial charge is 0.337 e. The number of aliphatic hydroxyl groups excluding tert-OH is 1. The Balaban J connectivity index is 4.84. The van der Waals surface area contributed by atoms with E-state index in [-0.39, 0.29) is 5.57 Å². The van der Waals surface area contributed by atoms with Gasteiger partial charge in [0.2, 0.25) is 0 Å². The SMILES string of the molecule is C=C(C(=O)O)C(C(C)O)[N+](C)(C)C. The zero-order valence-electron chi connectivity index (χ0n) is 8.61. The Hall–Kier alpha value is -0.870. The van der Waals surface area contributed by atoms with E-state index in [9.17, 15) is 9.90 Å². The molecule has 2 unspecified atom stereocenters. The fraction of sp³-hybridized carbons (Fsp3) is 0.667. The molecule has 0 fully saturated rings. The summed E-state index contributed by atoms with van der Waals surface area (Å²) in [5, 5.41) is 18.2. The minimum Gasteiger partial charge on any atom is -0.478 e. The van der Waals surface area contributed by atoms with Crippen LogP contribution in [0.15, 0.2) is 12.2 Å². The Morgan fingerprint density at radius 3 is 1.85 bits per heavy atom. The largest absolute Gasteiger partial charge is 0.478 e. The Kier molecular flexibility index (Phi) is 3.63. The van der Waals surface area contributed by atoms with E-state index < -0.39 is 18.1 Å². The molecule has 0 saturated carbocycles. The van der Waals surface area contributed by atoms with E-state index in [1.54, 1.807) is 6.92 Å². The van der Waals surface area contributed by atoms with Crippen molar-refractivity contribution in [2.24, 2.45) is 0 Å². The van der Waals surface area contributed by atoms with Crippen molar-refractivity contribution >= 4 is 5.97 Å². The number of rotatable bonds is 4. The fourth-order valence-corrected chi connectivity index (χ4v) is 1.53. The van der Waals surface area contributed by atoms with Crippen LogP contribution in [0.3, 0.4) is 0 Å². The van der Waals surface area contributed by atoms with E-state index in [1.807, 2.05) is 21.1 Å². The minimum absolute atomic E-state index is 0.0440. The number of quaternary nitrogens is 1. The Labute approximate surface area is 78.7 Å². The molecule has 0 aliphatic rings. The number of carbonyl (C=O) groups is 1. The average molecular weight is 188 g/mol. The van der Waals surface area contributed by atoms with Crippen LogP contribution < -0.4 is 0 Å². The number of nitrogens with zero attached hydrogens (tertiary/aromatic N) is 1. The summed E-state index contributed by atoms with van der Waals surface area (Å²) in [4.78, 5) is 10.7. The van der Waals surface area contributed by atoms with E-state index in [4.69, 9.17) is 5.11 Å². The number of aliphatic hydroxyl groups is 1. The first kappa shape index (κ1) is 12.1. The van der Waals surface area contributed by atoms with Crippen LogP contribution in [0, 0.1) is 0 Å². The molecule has 0 heterocycles. The van der Waals surface area contributed by atoms with Crippen LogP contribution in [0.2, 0.25) is 0 Å². The van der Waals surface area contributed by atoms with Crippen LogP contribution in [0.1, 0.15) is 6.92 Å². The Morgan fingerprint density at radius 2 is 1.77 bits per heavy atom. The van der Waals surface area contributed by atoms with Crippen molar-refractivity contribution in [3.8, 4) is 0 Å². The maximum atomic E-state index is 10.7. The summed E-state index contributed by atoms with van der Waals surface area (Å²) in [5.74, 6) is -1.06. The van der Waals surface area contributed by atoms with Crippen LogP contribution in [0.5, 0.6) is 0 Å². The van der Waals surface area contributed by atoms with Crippen LogP contribution in [-0.2, 0) is 4.79 Å². The molecule has 2 N–H and O–H groups in total. The topological polar surface area (TPSA) is 57.5 Å². The second-order valence-electron chi connectivity index (χ2n) is 4.13. The monoisotopic (exact) mass is 188 g/mol. The van der Waals surface area contributed by atoms with Crippen molar-refractivity contribution in [2.75, 3.05) is 21.1 Å². The van der Waals surface area contributed by atoms with Crippen molar-refractivity contribution in [2.45, 2.75) is 19.1 Å². The standard InChI is InChI=1S/C9H17NO3/c1-6(9(12)13)8(7(2)11)10(3,4)5/h7-8,11H,1H2,2-5H3/p+1. The van der Waals surface area contributed by atoms with E-state index in [0.29, 0.717) is 4.48 Å². The molecule has 0 amide bonds. The zero-order chi connectivity index (χ0) is 10.8. The highest BCUT2D eigenvalue weighted by Gasteiger charge is 2.34. The first-order chi connectivity index (χ1) is 5.68. The summed E-state index contributed by atoms with van der Waals surface area (Å²) >= 11 is 0. The van der Waals surface area contributed by atoms with E-state index in [0.717, 1.165) is 0 Å². The molecular weight excluding hydrogens is 170 g/mol. The van der Waals surface area contributed by atoms with Crippen molar-refractivity contribution < 1.29 is 19.5 Å². The van der Waals surface area contributed by atoms with Gasteiger partial charge in [0, 0.05) is 0 Å². The summed E-state index contributed by atoms with van der Waals surface area (Å²) in [6.07, 6.45) is -0.719. The minimum atomic E-state index is -1.06. The summed E-state index contributed by atoms with van der Waals surface area (Å²) in [5.41, 5.74) is 0.0440. The third-order valence-electron chi connectivity index (χ3n) is 1.92. The lowest BCUT2D eigenvalue weighted by molar-refractivity contribution is -0.893. The Bertz CT molecular complexity index is 215. The lowest BCUT2D eigenvalue weighted by atomic mass is 10.0. The second kappa shape index (κ2) is 3.89. The lowest BCUT2D eigenvalue weighted by Crippen LogP contribution is -2.52. The first-order valence-corrected chi connectivity index (χ1v) is 4.09. The van der Waals surface area contributed by atoms with Crippen LogP contribution >= 0.6 is 0 Å². The van der Waals surface area contributed by atoms with E-state index in [2.05, 4.69) is 6.58 Å². The molecule has 0 rings (SSSR count). The van der Waals surface area contributed by atoms with Crippen molar-refractivity contribution in [3.05, 3.63) is 12.2 Å². The maximum Gasteiger partial charge on any atom is 0.337 e. The molecule has 0 aliphatic heterocycles. The Morgan fingerprint density at radius 1 is 1.38 bits per heavy atom. The van der Waals surface area contributed by atoms with Gasteiger partial charge in [-0.2, -0.15) is 0 Å². The first-order valence-electron chi connectivity index (χ1n) is 4.09. The van der Waals surface area contributed by atoms with Crippen LogP contribution in [0.25, 0.3) is 0 Å². The number of hydrogen-bond acceptors (Lipinski definition) is 2. The molecule has 0 aliphatic carbocycles. The van der Waals surface area contributed by atoms with Crippen molar-refractivity contribution in [1.82, 2.24) is 0 Å². The molecule has 76 valence electrons. The van der Waals surface area contributed by atoms with Crippen LogP contribution in [0.4, 0.5) is 0 Å². The van der Waals surface area contributed by atoms with Gasteiger partial charge in [-0.05, 0) is 6.92 Å². The predicted octanol–water partition coefficient (Wildman–Crippen LogP) is 0.0828. The molecular formula is C9H18NO3+. The van der Waals surface area contributed by atoms with E-state index in [1.165, 1.54) is 0 Å². The molecule has 13 heavy (non-hydrogen) atoms. The molecule has 0 radical (unpaired) electrons. The van der Waals surface area contributed by atoms with Crippen molar-refractivity contribution in [1.29, 1.82) is 0 Å². The third-order valence-corrected chi connectivity index (χ3v) is 1.92. The molecule has 4 heteroatoms. The molecule has 0 aromatic carbocycles. The second-order valence-corrected chi connectivity index (χ2v) is 4.13.